The summed E-state index contributed by atoms with van der Waals surface area (Å²) in [5.41, 5.74) is 0. The van der Waals surface area contributed by atoms with Crippen LogP contribution in [0, 0.1) is 0 Å². The summed E-state index contributed by atoms with van der Waals surface area (Å²) in [5, 5.41) is 3.51. The Balaban J connectivity index is 2.07. The standard InChI is InChI=1S/C9H17N/c1-2-3-6-9-7-4-5-8-10-9/h2,9-10H,1,3-8H2/t9-/m1/s1. The van der Waals surface area contributed by atoms with Crippen LogP contribution in [-0.4, -0.2) is 12.6 Å². The molecule has 1 aliphatic heterocycles. The van der Waals surface area contributed by atoms with Crippen molar-refractivity contribution >= 4 is 0 Å². The van der Waals surface area contributed by atoms with Crippen LogP contribution in [0.25, 0.3) is 0 Å². The molecule has 1 heteroatoms. The highest BCUT2D eigenvalue weighted by molar-refractivity contribution is 4.76. The molecular weight excluding hydrogens is 122 g/mol. The van der Waals surface area contributed by atoms with Crippen LogP contribution < -0.4 is 5.32 Å². The second-order valence-corrected chi connectivity index (χ2v) is 3.01. The van der Waals surface area contributed by atoms with Crippen LogP contribution in [0.4, 0.5) is 0 Å². The van der Waals surface area contributed by atoms with Gasteiger partial charge in [0.05, 0.1) is 0 Å². The van der Waals surface area contributed by atoms with Gasteiger partial charge in [0.15, 0.2) is 0 Å². The molecular formula is C9H17N. The molecule has 0 saturated carbocycles. The normalized spacial score (nSPS) is 26.2. The van der Waals surface area contributed by atoms with E-state index in [1.807, 2.05) is 6.08 Å². The van der Waals surface area contributed by atoms with E-state index in [-0.39, 0.29) is 0 Å². The summed E-state index contributed by atoms with van der Waals surface area (Å²) in [5.74, 6) is 0. The van der Waals surface area contributed by atoms with Crippen molar-refractivity contribution in [3.63, 3.8) is 0 Å². The monoisotopic (exact) mass is 139 g/mol. The van der Waals surface area contributed by atoms with Crippen molar-refractivity contribution in [2.24, 2.45) is 0 Å². The lowest BCUT2D eigenvalue weighted by Gasteiger charge is -2.22. The number of hydrogen-bond acceptors (Lipinski definition) is 1. The van der Waals surface area contributed by atoms with Crippen LogP contribution in [0.5, 0.6) is 0 Å². The summed E-state index contributed by atoms with van der Waals surface area (Å²) in [6.07, 6.45) is 8.60. The minimum atomic E-state index is 0.784. The Labute approximate surface area is 63.5 Å². The molecule has 0 amide bonds. The maximum atomic E-state index is 3.72. The zero-order chi connectivity index (χ0) is 7.23. The van der Waals surface area contributed by atoms with Crippen molar-refractivity contribution in [3.05, 3.63) is 12.7 Å². The summed E-state index contributed by atoms with van der Waals surface area (Å²) in [6.45, 7) is 4.94. The molecule has 0 bridgehead atoms. The molecule has 0 aromatic rings. The Morgan fingerprint density at radius 2 is 2.40 bits per heavy atom. The Hall–Kier alpha value is -0.300. The van der Waals surface area contributed by atoms with E-state index in [9.17, 15) is 0 Å². The van der Waals surface area contributed by atoms with Gasteiger partial charge in [0.25, 0.3) is 0 Å². The number of allylic oxidation sites excluding steroid dienone is 1. The minimum Gasteiger partial charge on any atom is -0.314 e. The van der Waals surface area contributed by atoms with Gasteiger partial charge in [0, 0.05) is 6.04 Å². The van der Waals surface area contributed by atoms with Crippen molar-refractivity contribution in [2.75, 3.05) is 6.54 Å². The molecule has 58 valence electrons. The topological polar surface area (TPSA) is 12.0 Å². The molecule has 1 saturated heterocycles. The minimum absolute atomic E-state index is 0.784. The molecule has 0 unspecified atom stereocenters. The van der Waals surface area contributed by atoms with Crippen LogP contribution in [0.15, 0.2) is 12.7 Å². The van der Waals surface area contributed by atoms with Crippen molar-refractivity contribution in [3.8, 4) is 0 Å². The molecule has 1 atom stereocenters. The lowest BCUT2D eigenvalue weighted by atomic mass is 10.0. The first kappa shape index (κ1) is 7.80. The molecule has 1 fully saturated rings. The Morgan fingerprint density at radius 3 is 3.00 bits per heavy atom. The van der Waals surface area contributed by atoms with E-state index in [2.05, 4.69) is 11.9 Å². The van der Waals surface area contributed by atoms with Crippen molar-refractivity contribution in [1.82, 2.24) is 5.32 Å². The molecule has 10 heavy (non-hydrogen) atoms. The molecule has 1 nitrogen and oxygen atoms in total. The summed E-state index contributed by atoms with van der Waals surface area (Å²) in [4.78, 5) is 0. The van der Waals surface area contributed by atoms with E-state index < -0.39 is 0 Å². The van der Waals surface area contributed by atoms with E-state index in [1.54, 1.807) is 0 Å². The summed E-state index contributed by atoms with van der Waals surface area (Å²) >= 11 is 0. The number of piperidine rings is 1. The van der Waals surface area contributed by atoms with E-state index >= 15 is 0 Å². The van der Waals surface area contributed by atoms with Gasteiger partial charge in [-0.3, -0.25) is 0 Å². The van der Waals surface area contributed by atoms with Gasteiger partial charge in [-0.15, -0.1) is 6.58 Å². The van der Waals surface area contributed by atoms with E-state index in [0.717, 1.165) is 12.5 Å². The summed E-state index contributed by atoms with van der Waals surface area (Å²) in [7, 11) is 0. The fourth-order valence-corrected chi connectivity index (χ4v) is 1.49. The van der Waals surface area contributed by atoms with Crippen molar-refractivity contribution in [2.45, 2.75) is 38.1 Å². The molecule has 0 aromatic carbocycles. The Bertz CT molecular complexity index is 92.9. The fourth-order valence-electron chi connectivity index (χ4n) is 1.49. The molecule has 0 radical (unpaired) electrons. The predicted molar refractivity (Wildman–Crippen MR) is 45.1 cm³/mol. The van der Waals surface area contributed by atoms with Gasteiger partial charge < -0.3 is 5.32 Å². The number of hydrogen-bond donors (Lipinski definition) is 1. The van der Waals surface area contributed by atoms with Gasteiger partial charge in [-0.1, -0.05) is 12.5 Å². The second-order valence-electron chi connectivity index (χ2n) is 3.01. The first-order valence-electron chi connectivity index (χ1n) is 4.28. The van der Waals surface area contributed by atoms with E-state index in [4.69, 9.17) is 0 Å². The van der Waals surface area contributed by atoms with Gasteiger partial charge in [-0.2, -0.15) is 0 Å². The molecule has 0 spiro atoms. The average Bonchev–Trinajstić information content (AvgIpc) is 2.03. The van der Waals surface area contributed by atoms with Gasteiger partial charge in [-0.25, -0.2) is 0 Å². The van der Waals surface area contributed by atoms with Crippen LogP contribution in [0.3, 0.4) is 0 Å². The highest BCUT2D eigenvalue weighted by Gasteiger charge is 2.10. The maximum Gasteiger partial charge on any atom is 0.00700 e. The van der Waals surface area contributed by atoms with Crippen molar-refractivity contribution in [1.29, 1.82) is 0 Å². The largest absolute Gasteiger partial charge is 0.314 e. The van der Waals surface area contributed by atoms with Crippen LogP contribution >= 0.6 is 0 Å². The van der Waals surface area contributed by atoms with Crippen molar-refractivity contribution < 1.29 is 0 Å². The van der Waals surface area contributed by atoms with E-state index in [0.29, 0.717) is 0 Å². The molecule has 0 aliphatic carbocycles. The third kappa shape index (κ3) is 2.53. The van der Waals surface area contributed by atoms with Crippen LogP contribution in [0.2, 0.25) is 0 Å². The van der Waals surface area contributed by atoms with Gasteiger partial charge in [-0.05, 0) is 32.2 Å². The van der Waals surface area contributed by atoms with Gasteiger partial charge >= 0.3 is 0 Å². The van der Waals surface area contributed by atoms with Crippen LogP contribution in [-0.2, 0) is 0 Å². The highest BCUT2D eigenvalue weighted by atomic mass is 14.9. The first-order chi connectivity index (χ1) is 4.93. The summed E-state index contributed by atoms with van der Waals surface area (Å²) < 4.78 is 0. The SMILES string of the molecule is C=CCC[C@@H]1CCCCN1. The highest BCUT2D eigenvalue weighted by Crippen LogP contribution is 2.11. The molecule has 1 aliphatic rings. The van der Waals surface area contributed by atoms with Crippen LogP contribution in [0.1, 0.15) is 32.1 Å². The number of rotatable bonds is 3. The van der Waals surface area contributed by atoms with Gasteiger partial charge in [0.2, 0.25) is 0 Å². The average molecular weight is 139 g/mol. The predicted octanol–water partition coefficient (Wildman–Crippen LogP) is 2.09. The quantitative estimate of drug-likeness (QED) is 0.590. The third-order valence-electron chi connectivity index (χ3n) is 2.13. The summed E-state index contributed by atoms with van der Waals surface area (Å²) in [6, 6.07) is 0.784. The molecule has 1 heterocycles. The maximum absolute atomic E-state index is 3.72. The zero-order valence-electron chi connectivity index (χ0n) is 6.60. The fraction of sp³-hybridized carbons (Fsp3) is 0.778. The number of nitrogens with one attached hydrogen (secondary N) is 1. The smallest absolute Gasteiger partial charge is 0.00700 e. The Morgan fingerprint density at radius 1 is 1.50 bits per heavy atom. The molecule has 1 rings (SSSR count). The lowest BCUT2D eigenvalue weighted by Crippen LogP contribution is -2.33. The Kier molecular flexibility index (Phi) is 3.52. The first-order valence-corrected chi connectivity index (χ1v) is 4.28. The molecule has 0 aromatic heterocycles. The molecule has 1 N–H and O–H groups in total. The lowest BCUT2D eigenvalue weighted by molar-refractivity contribution is 0.384. The second kappa shape index (κ2) is 4.51. The zero-order valence-corrected chi connectivity index (χ0v) is 6.60. The van der Waals surface area contributed by atoms with Gasteiger partial charge in [0.1, 0.15) is 0 Å². The third-order valence-corrected chi connectivity index (χ3v) is 2.13. The van der Waals surface area contributed by atoms with E-state index in [1.165, 1.54) is 32.2 Å².